The van der Waals surface area contributed by atoms with Crippen LogP contribution in [0.4, 0.5) is 8.78 Å². The van der Waals surface area contributed by atoms with E-state index in [0.29, 0.717) is 5.56 Å². The maximum atomic E-state index is 11.9. The third-order valence-corrected chi connectivity index (χ3v) is 2.38. The van der Waals surface area contributed by atoms with E-state index >= 15 is 0 Å². The zero-order valence-corrected chi connectivity index (χ0v) is 8.56. The van der Waals surface area contributed by atoms with E-state index in [-0.39, 0.29) is 12.2 Å². The first-order valence-corrected chi connectivity index (χ1v) is 4.85. The van der Waals surface area contributed by atoms with Crippen molar-refractivity contribution in [1.29, 1.82) is 0 Å². The van der Waals surface area contributed by atoms with Crippen LogP contribution < -0.4 is 4.74 Å². The summed E-state index contributed by atoms with van der Waals surface area (Å²) < 4.78 is 32.3. The quantitative estimate of drug-likeness (QED) is 0.599. The van der Waals surface area contributed by atoms with Gasteiger partial charge in [0.2, 0.25) is 0 Å². The summed E-state index contributed by atoms with van der Waals surface area (Å²) in [4.78, 5) is 22.1. The van der Waals surface area contributed by atoms with E-state index in [2.05, 4.69) is 9.47 Å². The Labute approximate surface area is 95.1 Å². The number of rotatable bonds is 3. The number of benzene rings is 1. The summed E-state index contributed by atoms with van der Waals surface area (Å²) in [6.45, 7) is -2.89. The van der Waals surface area contributed by atoms with Crippen molar-refractivity contribution in [1.82, 2.24) is 0 Å². The average molecular weight is 242 g/mol. The zero-order chi connectivity index (χ0) is 12.4. The number of carbonyl (C=O) groups excluding carboxylic acids is 2. The highest BCUT2D eigenvalue weighted by molar-refractivity contribution is 5.97. The van der Waals surface area contributed by atoms with Crippen LogP contribution in [0.15, 0.2) is 24.3 Å². The molecule has 0 aromatic heterocycles. The number of cyclic esters (lactones) is 2. The minimum Gasteiger partial charge on any atom is -0.435 e. The molecule has 1 aromatic rings. The monoisotopic (exact) mass is 242 g/mol. The molecule has 0 N–H and O–H groups in total. The highest BCUT2D eigenvalue weighted by Crippen LogP contribution is 2.28. The highest BCUT2D eigenvalue weighted by atomic mass is 19.3. The predicted molar refractivity (Wildman–Crippen MR) is 51.5 cm³/mol. The van der Waals surface area contributed by atoms with Gasteiger partial charge in [-0.15, -0.1) is 0 Å². The van der Waals surface area contributed by atoms with Crippen molar-refractivity contribution < 1.29 is 27.8 Å². The molecule has 0 aliphatic carbocycles. The lowest BCUT2D eigenvalue weighted by molar-refractivity contribution is -0.152. The topological polar surface area (TPSA) is 52.6 Å². The maximum Gasteiger partial charge on any atom is 0.387 e. The minimum absolute atomic E-state index is 0.00133. The predicted octanol–water partition coefficient (Wildman–Crippen LogP) is 1.85. The van der Waals surface area contributed by atoms with Gasteiger partial charge >= 0.3 is 18.6 Å². The number of hydrogen-bond donors (Lipinski definition) is 0. The molecule has 90 valence electrons. The molecular formula is C11H8F2O4. The summed E-state index contributed by atoms with van der Waals surface area (Å²) in [5.74, 6) is -1.84. The van der Waals surface area contributed by atoms with Gasteiger partial charge < -0.3 is 9.47 Å². The summed E-state index contributed by atoms with van der Waals surface area (Å²) in [6.07, 6.45) is -0.0200. The molecule has 6 heteroatoms. The molecule has 1 aliphatic rings. The second-order valence-corrected chi connectivity index (χ2v) is 3.50. The summed E-state index contributed by atoms with van der Waals surface area (Å²) in [5, 5.41) is 0. The lowest BCUT2D eigenvalue weighted by Crippen LogP contribution is -2.06. The molecule has 17 heavy (non-hydrogen) atoms. The Morgan fingerprint density at radius 2 is 1.88 bits per heavy atom. The lowest BCUT2D eigenvalue weighted by atomic mass is 9.98. The van der Waals surface area contributed by atoms with Crippen LogP contribution in [0.5, 0.6) is 5.75 Å². The van der Waals surface area contributed by atoms with Crippen molar-refractivity contribution >= 4 is 11.9 Å². The largest absolute Gasteiger partial charge is 0.435 e. The van der Waals surface area contributed by atoms with E-state index in [0.717, 1.165) is 0 Å². The third-order valence-electron chi connectivity index (χ3n) is 2.38. The molecule has 0 bridgehead atoms. The Balaban J connectivity index is 2.13. The normalized spacial score (nSPS) is 19.6. The van der Waals surface area contributed by atoms with Crippen LogP contribution in [0.3, 0.4) is 0 Å². The molecule has 1 aliphatic heterocycles. The van der Waals surface area contributed by atoms with Gasteiger partial charge in [-0.1, -0.05) is 12.1 Å². The molecule has 1 unspecified atom stereocenters. The Bertz CT molecular complexity index is 441. The van der Waals surface area contributed by atoms with Gasteiger partial charge in [0.15, 0.2) is 0 Å². The second-order valence-electron chi connectivity index (χ2n) is 3.50. The summed E-state index contributed by atoms with van der Waals surface area (Å²) >= 11 is 0. The number of esters is 2. The zero-order valence-electron chi connectivity index (χ0n) is 8.56. The first-order valence-electron chi connectivity index (χ1n) is 4.85. The maximum absolute atomic E-state index is 11.9. The van der Waals surface area contributed by atoms with Crippen LogP contribution in [0.2, 0.25) is 0 Å². The van der Waals surface area contributed by atoms with E-state index in [1.165, 1.54) is 24.3 Å². The molecule has 0 radical (unpaired) electrons. The molecule has 0 saturated carbocycles. The van der Waals surface area contributed by atoms with E-state index in [4.69, 9.17) is 0 Å². The Hall–Kier alpha value is -1.98. The van der Waals surface area contributed by atoms with Crippen molar-refractivity contribution in [3.05, 3.63) is 29.8 Å². The van der Waals surface area contributed by atoms with Gasteiger partial charge in [-0.05, 0) is 17.7 Å². The molecular weight excluding hydrogens is 234 g/mol. The van der Waals surface area contributed by atoms with E-state index in [1.807, 2.05) is 0 Å². The second kappa shape index (κ2) is 4.48. The van der Waals surface area contributed by atoms with Crippen molar-refractivity contribution in [2.45, 2.75) is 19.0 Å². The van der Waals surface area contributed by atoms with Crippen LogP contribution in [-0.2, 0) is 14.3 Å². The van der Waals surface area contributed by atoms with Gasteiger partial charge in [0.1, 0.15) is 5.75 Å². The number of hydrogen-bond acceptors (Lipinski definition) is 4. The Morgan fingerprint density at radius 1 is 1.24 bits per heavy atom. The molecule has 1 heterocycles. The van der Waals surface area contributed by atoms with Crippen LogP contribution in [0, 0.1) is 0 Å². The fraction of sp³-hybridized carbons (Fsp3) is 0.273. The molecule has 1 aromatic carbocycles. The van der Waals surface area contributed by atoms with Gasteiger partial charge in [-0.2, -0.15) is 8.78 Å². The van der Waals surface area contributed by atoms with Gasteiger partial charge in [0, 0.05) is 0 Å². The van der Waals surface area contributed by atoms with Gasteiger partial charge in [-0.3, -0.25) is 9.59 Å². The highest BCUT2D eigenvalue weighted by Gasteiger charge is 2.34. The first kappa shape index (κ1) is 11.5. The van der Waals surface area contributed by atoms with Crippen LogP contribution in [0.1, 0.15) is 17.9 Å². The molecule has 0 spiro atoms. The number of alkyl halides is 2. The number of ether oxygens (including phenoxy) is 2. The summed E-state index contributed by atoms with van der Waals surface area (Å²) in [6, 6.07) is 5.56. The van der Waals surface area contributed by atoms with Gasteiger partial charge in [0.05, 0.1) is 12.3 Å². The first-order chi connectivity index (χ1) is 8.06. The SMILES string of the molecule is O=C1CC(c2ccc(OC(F)F)cc2)C(=O)O1. The molecule has 1 fully saturated rings. The van der Waals surface area contributed by atoms with Crippen molar-refractivity contribution in [3.63, 3.8) is 0 Å². The summed E-state index contributed by atoms with van der Waals surface area (Å²) in [7, 11) is 0. The van der Waals surface area contributed by atoms with Crippen molar-refractivity contribution in [3.8, 4) is 5.75 Å². The van der Waals surface area contributed by atoms with Crippen molar-refractivity contribution in [2.24, 2.45) is 0 Å². The van der Waals surface area contributed by atoms with Crippen LogP contribution >= 0.6 is 0 Å². The van der Waals surface area contributed by atoms with E-state index < -0.39 is 24.5 Å². The Morgan fingerprint density at radius 3 is 2.35 bits per heavy atom. The standard InChI is InChI=1S/C11H8F2O4/c12-11(13)16-7-3-1-6(2-4-7)8-5-9(14)17-10(8)15/h1-4,8,11H,5H2. The smallest absolute Gasteiger partial charge is 0.387 e. The number of halogens is 2. The average Bonchev–Trinajstić information content (AvgIpc) is 2.58. The summed E-state index contributed by atoms with van der Waals surface area (Å²) in [5.41, 5.74) is 0.544. The minimum atomic E-state index is -2.89. The van der Waals surface area contributed by atoms with Gasteiger partial charge in [0.25, 0.3) is 0 Å². The van der Waals surface area contributed by atoms with Crippen molar-refractivity contribution in [2.75, 3.05) is 0 Å². The number of carbonyl (C=O) groups is 2. The molecule has 2 rings (SSSR count). The van der Waals surface area contributed by atoms with Crippen LogP contribution in [-0.4, -0.2) is 18.6 Å². The molecule has 0 amide bonds. The molecule has 1 atom stereocenters. The van der Waals surface area contributed by atoms with E-state index in [1.54, 1.807) is 0 Å². The van der Waals surface area contributed by atoms with Crippen LogP contribution in [0.25, 0.3) is 0 Å². The molecule has 4 nitrogen and oxygen atoms in total. The Kier molecular flexibility index (Phi) is 3.03. The fourth-order valence-corrected chi connectivity index (χ4v) is 1.61. The lowest BCUT2D eigenvalue weighted by Gasteiger charge is -2.07. The molecule has 1 saturated heterocycles. The van der Waals surface area contributed by atoms with E-state index in [9.17, 15) is 18.4 Å². The van der Waals surface area contributed by atoms with Gasteiger partial charge in [-0.25, -0.2) is 0 Å². The fourth-order valence-electron chi connectivity index (χ4n) is 1.61. The third kappa shape index (κ3) is 2.58.